The van der Waals surface area contributed by atoms with Crippen LogP contribution in [0.2, 0.25) is 0 Å². The molecule has 0 aromatic heterocycles. The standard InChI is InChI=1S/C22H23NO5/c1-14-7-8-16(13-15(14)2)19(24)17-5-3-4-6-18(17)20(25)23-11-9-22(28,10-12-23)21(26)27/h3-8,13,28H,9-12H2,1-2H3,(H,26,27). The molecule has 1 amide bonds. The molecule has 2 N–H and O–H groups in total. The van der Waals surface area contributed by atoms with Crippen molar-refractivity contribution in [2.24, 2.45) is 0 Å². The summed E-state index contributed by atoms with van der Waals surface area (Å²) >= 11 is 0. The van der Waals surface area contributed by atoms with Gasteiger partial charge >= 0.3 is 5.97 Å². The third-order valence-electron chi connectivity index (χ3n) is 5.45. The molecule has 6 nitrogen and oxygen atoms in total. The fourth-order valence-corrected chi connectivity index (χ4v) is 3.37. The molecular weight excluding hydrogens is 358 g/mol. The van der Waals surface area contributed by atoms with E-state index in [1.807, 2.05) is 26.0 Å². The predicted octanol–water partition coefficient (Wildman–Crippen LogP) is 2.59. The van der Waals surface area contributed by atoms with Gasteiger partial charge in [-0.15, -0.1) is 0 Å². The summed E-state index contributed by atoms with van der Waals surface area (Å²) in [6.45, 7) is 4.14. The zero-order valence-corrected chi connectivity index (χ0v) is 15.9. The lowest BCUT2D eigenvalue weighted by Crippen LogP contribution is -2.51. The van der Waals surface area contributed by atoms with Crippen molar-refractivity contribution in [3.05, 3.63) is 70.3 Å². The smallest absolute Gasteiger partial charge is 0.335 e. The van der Waals surface area contributed by atoms with Crippen molar-refractivity contribution in [3.8, 4) is 0 Å². The molecule has 3 rings (SSSR count). The Hall–Kier alpha value is -2.99. The van der Waals surface area contributed by atoms with Crippen LogP contribution in [-0.2, 0) is 4.79 Å². The van der Waals surface area contributed by atoms with E-state index in [0.29, 0.717) is 11.1 Å². The minimum atomic E-state index is -1.80. The van der Waals surface area contributed by atoms with Gasteiger partial charge in [-0.25, -0.2) is 4.79 Å². The number of hydrogen-bond acceptors (Lipinski definition) is 4. The first kappa shape index (κ1) is 19.8. The van der Waals surface area contributed by atoms with Gasteiger partial charge in [-0.2, -0.15) is 0 Å². The second-order valence-electron chi connectivity index (χ2n) is 7.30. The highest BCUT2D eigenvalue weighted by Crippen LogP contribution is 2.25. The Morgan fingerprint density at radius 1 is 0.929 bits per heavy atom. The summed E-state index contributed by atoms with van der Waals surface area (Å²) in [6, 6.07) is 12.1. The number of ketones is 1. The fraction of sp³-hybridized carbons (Fsp3) is 0.318. The Kier molecular flexibility index (Phi) is 5.34. The van der Waals surface area contributed by atoms with Gasteiger partial charge in [0.2, 0.25) is 0 Å². The normalized spacial score (nSPS) is 15.9. The van der Waals surface area contributed by atoms with Crippen molar-refractivity contribution in [3.63, 3.8) is 0 Å². The minimum Gasteiger partial charge on any atom is -0.479 e. The third kappa shape index (κ3) is 3.68. The van der Waals surface area contributed by atoms with Crippen molar-refractivity contribution in [2.75, 3.05) is 13.1 Å². The van der Waals surface area contributed by atoms with Crippen LogP contribution in [0.1, 0.15) is 50.2 Å². The first-order chi connectivity index (χ1) is 13.2. The molecule has 1 aliphatic rings. The van der Waals surface area contributed by atoms with E-state index in [-0.39, 0.29) is 43.2 Å². The van der Waals surface area contributed by atoms with E-state index in [4.69, 9.17) is 5.11 Å². The fourth-order valence-electron chi connectivity index (χ4n) is 3.37. The highest BCUT2D eigenvalue weighted by molar-refractivity contribution is 6.15. The van der Waals surface area contributed by atoms with Gasteiger partial charge in [0.05, 0.1) is 5.56 Å². The molecule has 0 radical (unpaired) electrons. The van der Waals surface area contributed by atoms with E-state index < -0.39 is 11.6 Å². The summed E-state index contributed by atoms with van der Waals surface area (Å²) in [7, 11) is 0. The molecule has 0 atom stereocenters. The number of carboxylic acids is 1. The third-order valence-corrected chi connectivity index (χ3v) is 5.45. The molecule has 0 bridgehead atoms. The van der Waals surface area contributed by atoms with Crippen LogP contribution < -0.4 is 0 Å². The Morgan fingerprint density at radius 3 is 2.11 bits per heavy atom. The zero-order chi connectivity index (χ0) is 20.5. The average molecular weight is 381 g/mol. The van der Waals surface area contributed by atoms with Gasteiger partial charge in [-0.1, -0.05) is 30.3 Å². The summed E-state index contributed by atoms with van der Waals surface area (Å²) in [6.07, 6.45) is -0.0807. The molecule has 2 aromatic carbocycles. The van der Waals surface area contributed by atoms with Crippen LogP contribution >= 0.6 is 0 Å². The van der Waals surface area contributed by atoms with Crippen LogP contribution in [0.5, 0.6) is 0 Å². The summed E-state index contributed by atoms with van der Waals surface area (Å²) in [5.41, 5.74) is 1.40. The summed E-state index contributed by atoms with van der Waals surface area (Å²) in [4.78, 5) is 38.7. The van der Waals surface area contributed by atoms with Crippen LogP contribution in [0.25, 0.3) is 0 Å². The predicted molar refractivity (Wildman–Crippen MR) is 104 cm³/mol. The van der Waals surface area contributed by atoms with E-state index in [9.17, 15) is 19.5 Å². The van der Waals surface area contributed by atoms with Crippen LogP contribution in [0.3, 0.4) is 0 Å². The monoisotopic (exact) mass is 381 g/mol. The number of nitrogens with zero attached hydrogens (tertiary/aromatic N) is 1. The van der Waals surface area contributed by atoms with E-state index in [1.54, 1.807) is 30.3 Å². The molecule has 1 aliphatic heterocycles. The highest BCUT2D eigenvalue weighted by Gasteiger charge is 2.40. The summed E-state index contributed by atoms with van der Waals surface area (Å²) < 4.78 is 0. The average Bonchev–Trinajstić information content (AvgIpc) is 2.69. The van der Waals surface area contributed by atoms with Crippen LogP contribution in [0, 0.1) is 13.8 Å². The lowest BCUT2D eigenvalue weighted by Gasteiger charge is -2.35. The van der Waals surface area contributed by atoms with Crippen molar-refractivity contribution in [2.45, 2.75) is 32.3 Å². The van der Waals surface area contributed by atoms with Gasteiger partial charge in [0.15, 0.2) is 11.4 Å². The van der Waals surface area contributed by atoms with E-state index in [0.717, 1.165) is 11.1 Å². The molecule has 6 heteroatoms. The number of carbonyl (C=O) groups excluding carboxylic acids is 2. The quantitative estimate of drug-likeness (QED) is 0.794. The molecule has 1 heterocycles. The Labute approximate surface area is 163 Å². The molecule has 146 valence electrons. The topological polar surface area (TPSA) is 94.9 Å². The lowest BCUT2D eigenvalue weighted by molar-refractivity contribution is -0.162. The van der Waals surface area contributed by atoms with Crippen LogP contribution in [-0.4, -0.2) is 51.5 Å². The Balaban J connectivity index is 1.86. The highest BCUT2D eigenvalue weighted by atomic mass is 16.4. The van der Waals surface area contributed by atoms with Crippen LogP contribution in [0.15, 0.2) is 42.5 Å². The van der Waals surface area contributed by atoms with E-state index in [2.05, 4.69) is 0 Å². The second-order valence-corrected chi connectivity index (χ2v) is 7.30. The maximum atomic E-state index is 13.0. The lowest BCUT2D eigenvalue weighted by atomic mass is 9.90. The SMILES string of the molecule is Cc1ccc(C(=O)c2ccccc2C(=O)N2CCC(O)(C(=O)O)CC2)cc1C. The number of carbonyl (C=O) groups is 3. The van der Waals surface area contributed by atoms with Crippen molar-refractivity contribution in [1.29, 1.82) is 0 Å². The largest absolute Gasteiger partial charge is 0.479 e. The second kappa shape index (κ2) is 7.56. The zero-order valence-electron chi connectivity index (χ0n) is 15.9. The Bertz CT molecular complexity index is 942. The first-order valence-corrected chi connectivity index (χ1v) is 9.19. The number of benzene rings is 2. The molecule has 0 saturated carbocycles. The van der Waals surface area contributed by atoms with E-state index in [1.165, 1.54) is 4.90 Å². The Morgan fingerprint density at radius 2 is 1.54 bits per heavy atom. The molecule has 1 saturated heterocycles. The number of rotatable bonds is 4. The van der Waals surface area contributed by atoms with Crippen molar-refractivity contribution >= 4 is 17.7 Å². The number of likely N-dealkylation sites (tertiary alicyclic amines) is 1. The number of hydrogen-bond donors (Lipinski definition) is 2. The molecule has 28 heavy (non-hydrogen) atoms. The van der Waals surface area contributed by atoms with Gasteiger partial charge in [-0.3, -0.25) is 9.59 Å². The molecule has 0 spiro atoms. The summed E-state index contributed by atoms with van der Waals surface area (Å²) in [5.74, 6) is -1.84. The van der Waals surface area contributed by atoms with Gasteiger partial charge in [0, 0.05) is 37.1 Å². The van der Waals surface area contributed by atoms with Gasteiger partial charge in [0.1, 0.15) is 0 Å². The van der Waals surface area contributed by atoms with Crippen molar-refractivity contribution < 1.29 is 24.6 Å². The number of aryl methyl sites for hydroxylation is 2. The van der Waals surface area contributed by atoms with Crippen molar-refractivity contribution in [1.82, 2.24) is 4.90 Å². The number of piperidine rings is 1. The van der Waals surface area contributed by atoms with Crippen LogP contribution in [0.4, 0.5) is 0 Å². The van der Waals surface area contributed by atoms with Gasteiger partial charge in [0.25, 0.3) is 5.91 Å². The van der Waals surface area contributed by atoms with E-state index >= 15 is 0 Å². The number of aliphatic carboxylic acids is 1. The maximum absolute atomic E-state index is 13.0. The summed E-state index contributed by atoms with van der Waals surface area (Å²) in [5, 5.41) is 19.2. The molecular formula is C22H23NO5. The number of aliphatic hydroxyl groups is 1. The number of amides is 1. The molecule has 0 unspecified atom stereocenters. The number of carboxylic acid groups (broad SMARTS) is 1. The minimum absolute atomic E-state index is 0.0403. The molecule has 0 aliphatic carbocycles. The maximum Gasteiger partial charge on any atom is 0.335 e. The van der Waals surface area contributed by atoms with Gasteiger partial charge in [-0.05, 0) is 37.1 Å². The van der Waals surface area contributed by atoms with Gasteiger partial charge < -0.3 is 15.1 Å². The molecule has 2 aromatic rings. The first-order valence-electron chi connectivity index (χ1n) is 9.19. The molecule has 1 fully saturated rings.